The van der Waals surface area contributed by atoms with E-state index in [-0.39, 0.29) is 12.3 Å². The Balaban J connectivity index is 1.72. The van der Waals surface area contributed by atoms with Gasteiger partial charge in [0.05, 0.1) is 24.4 Å². The minimum absolute atomic E-state index is 0.115. The lowest BCUT2D eigenvalue weighted by molar-refractivity contribution is -0.115. The molecule has 0 spiro atoms. The third kappa shape index (κ3) is 3.09. The Kier molecular flexibility index (Phi) is 4.05. The molecule has 0 bridgehead atoms. The Morgan fingerprint density at radius 3 is 2.86 bits per heavy atom. The first-order chi connectivity index (χ1) is 10.8. The first-order valence-corrected chi connectivity index (χ1v) is 7.20. The number of rotatable bonds is 5. The van der Waals surface area contributed by atoms with Crippen LogP contribution in [-0.2, 0) is 11.2 Å². The van der Waals surface area contributed by atoms with Crippen LogP contribution in [-0.4, -0.2) is 21.9 Å². The number of anilines is 1. The number of benzene rings is 1. The van der Waals surface area contributed by atoms with E-state index in [1.807, 2.05) is 66.2 Å². The first kappa shape index (κ1) is 14.1. The average Bonchev–Trinajstić information content (AvgIpc) is 2.91. The standard InChI is InChI=1S/C17H17N3O2/c1-2-22-15-8-4-3-7-14(15)19-17(21)11-13-12-20-10-6-5-9-16(20)18-13/h3-10,12H,2,11H2,1H3,(H,19,21). The summed E-state index contributed by atoms with van der Waals surface area (Å²) >= 11 is 0. The molecule has 3 aromatic rings. The van der Waals surface area contributed by atoms with E-state index in [2.05, 4.69) is 10.3 Å². The predicted molar refractivity (Wildman–Crippen MR) is 85.1 cm³/mol. The molecule has 0 saturated heterocycles. The first-order valence-electron chi connectivity index (χ1n) is 7.20. The topological polar surface area (TPSA) is 55.6 Å². The Hall–Kier alpha value is -2.82. The zero-order valence-electron chi connectivity index (χ0n) is 12.3. The zero-order chi connectivity index (χ0) is 15.4. The van der Waals surface area contributed by atoms with Gasteiger partial charge in [-0.2, -0.15) is 0 Å². The summed E-state index contributed by atoms with van der Waals surface area (Å²) in [5, 5.41) is 2.87. The lowest BCUT2D eigenvalue weighted by Gasteiger charge is -2.10. The van der Waals surface area contributed by atoms with Crippen molar-refractivity contribution in [2.45, 2.75) is 13.3 Å². The Labute approximate surface area is 128 Å². The van der Waals surface area contributed by atoms with Gasteiger partial charge in [-0.1, -0.05) is 18.2 Å². The van der Waals surface area contributed by atoms with Crippen LogP contribution in [0.15, 0.2) is 54.9 Å². The van der Waals surface area contributed by atoms with E-state index in [4.69, 9.17) is 4.74 Å². The molecule has 5 nitrogen and oxygen atoms in total. The quantitative estimate of drug-likeness (QED) is 0.787. The highest BCUT2D eigenvalue weighted by Gasteiger charge is 2.10. The number of carbonyl (C=O) groups excluding carboxylic acids is 1. The summed E-state index contributed by atoms with van der Waals surface area (Å²) in [7, 11) is 0. The lowest BCUT2D eigenvalue weighted by atomic mass is 10.2. The molecular formula is C17H17N3O2. The highest BCUT2D eigenvalue weighted by atomic mass is 16.5. The van der Waals surface area contributed by atoms with E-state index in [1.165, 1.54) is 0 Å². The number of amides is 1. The van der Waals surface area contributed by atoms with Crippen molar-refractivity contribution in [2.24, 2.45) is 0 Å². The summed E-state index contributed by atoms with van der Waals surface area (Å²) < 4.78 is 7.40. The molecule has 0 radical (unpaired) electrons. The maximum absolute atomic E-state index is 12.2. The molecule has 0 aliphatic rings. The molecule has 5 heteroatoms. The van der Waals surface area contributed by atoms with Crippen molar-refractivity contribution in [3.05, 3.63) is 60.6 Å². The van der Waals surface area contributed by atoms with Crippen LogP contribution in [0, 0.1) is 0 Å². The van der Waals surface area contributed by atoms with Gasteiger partial charge in [-0.25, -0.2) is 4.98 Å². The third-order valence-electron chi connectivity index (χ3n) is 3.22. The normalized spacial score (nSPS) is 10.6. The monoisotopic (exact) mass is 295 g/mol. The summed E-state index contributed by atoms with van der Waals surface area (Å²) in [5.74, 6) is 0.559. The summed E-state index contributed by atoms with van der Waals surface area (Å²) in [6, 6.07) is 13.2. The van der Waals surface area contributed by atoms with Crippen LogP contribution in [0.4, 0.5) is 5.69 Å². The minimum Gasteiger partial charge on any atom is -0.492 e. The molecule has 22 heavy (non-hydrogen) atoms. The second kappa shape index (κ2) is 6.30. The summed E-state index contributed by atoms with van der Waals surface area (Å²) in [6.45, 7) is 2.47. The number of hydrogen-bond acceptors (Lipinski definition) is 3. The second-order valence-electron chi connectivity index (χ2n) is 4.85. The van der Waals surface area contributed by atoms with E-state index in [1.54, 1.807) is 0 Å². The van der Waals surface area contributed by atoms with Crippen LogP contribution in [0.25, 0.3) is 5.65 Å². The largest absolute Gasteiger partial charge is 0.492 e. The molecule has 0 fully saturated rings. The van der Waals surface area contributed by atoms with Crippen molar-refractivity contribution in [1.29, 1.82) is 0 Å². The van der Waals surface area contributed by atoms with Crippen LogP contribution < -0.4 is 10.1 Å². The Bertz CT molecular complexity index is 762. The number of carbonyl (C=O) groups is 1. The molecular weight excluding hydrogens is 278 g/mol. The van der Waals surface area contributed by atoms with Crippen molar-refractivity contribution in [3.63, 3.8) is 0 Å². The van der Waals surface area contributed by atoms with Crippen molar-refractivity contribution < 1.29 is 9.53 Å². The van der Waals surface area contributed by atoms with Crippen LogP contribution >= 0.6 is 0 Å². The number of ether oxygens (including phenoxy) is 1. The van der Waals surface area contributed by atoms with Crippen molar-refractivity contribution in [3.8, 4) is 5.75 Å². The maximum Gasteiger partial charge on any atom is 0.230 e. The summed E-state index contributed by atoms with van der Waals surface area (Å²) in [6.07, 6.45) is 4.00. The average molecular weight is 295 g/mol. The number of nitrogens with one attached hydrogen (secondary N) is 1. The van der Waals surface area contributed by atoms with Crippen molar-refractivity contribution >= 4 is 17.2 Å². The van der Waals surface area contributed by atoms with E-state index in [0.29, 0.717) is 18.0 Å². The van der Waals surface area contributed by atoms with Gasteiger partial charge in [0.2, 0.25) is 5.91 Å². The van der Waals surface area contributed by atoms with E-state index in [0.717, 1.165) is 11.3 Å². The van der Waals surface area contributed by atoms with E-state index in [9.17, 15) is 4.79 Å². The molecule has 0 aliphatic heterocycles. The molecule has 2 heterocycles. The number of nitrogens with zero attached hydrogens (tertiary/aromatic N) is 2. The number of para-hydroxylation sites is 2. The number of hydrogen-bond donors (Lipinski definition) is 1. The van der Waals surface area contributed by atoms with E-state index < -0.39 is 0 Å². The molecule has 0 saturated carbocycles. The molecule has 3 rings (SSSR count). The summed E-state index contributed by atoms with van der Waals surface area (Å²) in [5.41, 5.74) is 2.25. The number of aromatic nitrogens is 2. The molecule has 0 atom stereocenters. The highest BCUT2D eigenvalue weighted by Crippen LogP contribution is 2.23. The molecule has 2 aromatic heterocycles. The van der Waals surface area contributed by atoms with Gasteiger partial charge >= 0.3 is 0 Å². The van der Waals surface area contributed by atoms with Crippen LogP contribution in [0.3, 0.4) is 0 Å². The highest BCUT2D eigenvalue weighted by molar-refractivity contribution is 5.93. The lowest BCUT2D eigenvalue weighted by Crippen LogP contribution is -2.15. The van der Waals surface area contributed by atoms with Gasteiger partial charge in [0.1, 0.15) is 11.4 Å². The zero-order valence-corrected chi connectivity index (χ0v) is 12.3. The van der Waals surface area contributed by atoms with Gasteiger partial charge in [-0.15, -0.1) is 0 Å². The fourth-order valence-electron chi connectivity index (χ4n) is 2.28. The minimum atomic E-state index is -0.115. The van der Waals surface area contributed by atoms with Gasteiger partial charge < -0.3 is 14.5 Å². The van der Waals surface area contributed by atoms with Crippen LogP contribution in [0.2, 0.25) is 0 Å². The maximum atomic E-state index is 12.2. The van der Waals surface area contributed by atoms with Crippen molar-refractivity contribution in [2.75, 3.05) is 11.9 Å². The van der Waals surface area contributed by atoms with Gasteiger partial charge in [0.15, 0.2) is 0 Å². The Morgan fingerprint density at radius 2 is 2.05 bits per heavy atom. The number of imidazole rings is 1. The summed E-state index contributed by atoms with van der Waals surface area (Å²) in [4.78, 5) is 16.6. The van der Waals surface area contributed by atoms with Crippen molar-refractivity contribution in [1.82, 2.24) is 9.38 Å². The van der Waals surface area contributed by atoms with Crippen LogP contribution in [0.5, 0.6) is 5.75 Å². The van der Waals surface area contributed by atoms with Crippen LogP contribution in [0.1, 0.15) is 12.6 Å². The fraction of sp³-hybridized carbons (Fsp3) is 0.176. The van der Waals surface area contributed by atoms with E-state index >= 15 is 0 Å². The number of pyridine rings is 1. The Morgan fingerprint density at radius 1 is 1.23 bits per heavy atom. The molecule has 0 aliphatic carbocycles. The molecule has 0 unspecified atom stereocenters. The SMILES string of the molecule is CCOc1ccccc1NC(=O)Cc1cn2ccccc2n1. The molecule has 1 amide bonds. The van der Waals surface area contributed by atoms with Gasteiger partial charge in [-0.05, 0) is 31.2 Å². The third-order valence-corrected chi connectivity index (χ3v) is 3.22. The molecule has 1 N–H and O–H groups in total. The fourth-order valence-corrected chi connectivity index (χ4v) is 2.28. The smallest absolute Gasteiger partial charge is 0.230 e. The van der Waals surface area contributed by atoms with Gasteiger partial charge in [0, 0.05) is 12.4 Å². The number of fused-ring (bicyclic) bond motifs is 1. The second-order valence-corrected chi connectivity index (χ2v) is 4.85. The van der Waals surface area contributed by atoms with Gasteiger partial charge in [0.25, 0.3) is 0 Å². The molecule has 112 valence electrons. The molecule has 1 aromatic carbocycles. The van der Waals surface area contributed by atoms with Gasteiger partial charge in [-0.3, -0.25) is 4.79 Å². The predicted octanol–water partition coefficient (Wildman–Crippen LogP) is 2.91.